The number of benzene rings is 3. The van der Waals surface area contributed by atoms with Crippen LogP contribution >= 0.6 is 72.8 Å². The summed E-state index contributed by atoms with van der Waals surface area (Å²) in [4.78, 5) is 45.6. The monoisotopic (exact) mass is 807 g/mol. The number of hydrogen-bond donors (Lipinski definition) is 2. The lowest BCUT2D eigenvalue weighted by Crippen LogP contribution is -2.37. The summed E-state index contributed by atoms with van der Waals surface area (Å²) in [6, 6.07) is 15.9. The summed E-state index contributed by atoms with van der Waals surface area (Å²) in [6.07, 6.45) is 2.84. The van der Waals surface area contributed by atoms with Crippen LogP contribution in [0.2, 0.25) is 10.0 Å². The third-order valence-corrected chi connectivity index (χ3v) is 7.98. The number of aryl methyl sites for hydroxylation is 1. The Morgan fingerprint density at radius 1 is 0.920 bits per heavy atom. The van der Waals surface area contributed by atoms with E-state index in [1.165, 1.54) is 25.1 Å². The molecule has 4 rings (SSSR count). The number of likely N-dealkylation sites (N-methyl/N-ethyl adjacent to an activating group) is 1. The molecule has 4 aromatic rings. The van der Waals surface area contributed by atoms with Crippen LogP contribution in [-0.4, -0.2) is 64.6 Å². The molecular weight excluding hydrogens is 771 g/mol. The van der Waals surface area contributed by atoms with Gasteiger partial charge < -0.3 is 29.9 Å². The number of para-hydroxylation sites is 1. The van der Waals surface area contributed by atoms with Crippen LogP contribution in [0.1, 0.15) is 27.2 Å². The van der Waals surface area contributed by atoms with Gasteiger partial charge in [0.25, 0.3) is 5.91 Å². The Hall–Kier alpha value is -3.64. The minimum absolute atomic E-state index is 0. The number of aromatic nitrogens is 1. The zero-order chi connectivity index (χ0) is 33.5. The van der Waals surface area contributed by atoms with E-state index in [-0.39, 0.29) is 73.7 Å². The number of carbonyl (C=O) groups is 3. The normalized spacial score (nSPS) is 10.1. The molecule has 0 saturated carbocycles. The molecule has 1 aromatic heterocycles. The first-order valence-electron chi connectivity index (χ1n) is 14.2. The summed E-state index contributed by atoms with van der Waals surface area (Å²) in [5.41, 5.74) is 4.50. The fraction of sp³-hybridized carbons (Fsp3) is 0.235. The van der Waals surface area contributed by atoms with E-state index in [1.807, 2.05) is 50.2 Å². The highest BCUT2D eigenvalue weighted by Crippen LogP contribution is 2.36. The van der Waals surface area contributed by atoms with Crippen LogP contribution in [0.3, 0.4) is 0 Å². The van der Waals surface area contributed by atoms with Crippen molar-refractivity contribution >= 4 is 119 Å². The Morgan fingerprint density at radius 3 is 2.26 bits per heavy atom. The summed E-state index contributed by atoms with van der Waals surface area (Å²) in [5.74, 6) is -0.235. The number of halogens is 6. The minimum Gasteiger partial charge on any atom is -0.496 e. The van der Waals surface area contributed by atoms with Crippen LogP contribution in [0.15, 0.2) is 60.7 Å². The first kappa shape index (κ1) is 46.4. The van der Waals surface area contributed by atoms with Gasteiger partial charge in [0.15, 0.2) is 0 Å². The van der Waals surface area contributed by atoms with Crippen molar-refractivity contribution in [3.05, 3.63) is 93.1 Å². The number of methoxy groups -OCH3 is 1. The maximum absolute atomic E-state index is 13.0. The van der Waals surface area contributed by atoms with E-state index in [4.69, 9.17) is 37.7 Å². The molecule has 0 aliphatic heterocycles. The standard InChI is InChI=1S/C34H35Cl2N5O5.4ClH/c1-20-16-27(40(3)4)22-8-7-9-28(33(22)39-20)46-19-24-25(35)13-14-26(32(24)36)41(5)31(43)18-38-30(42)15-11-21-10-12-23(34(44)37-2)29(17-21)45-6;;;;/h7-17H,18-19H2,1-6H3,(H,37,44)(H,38,42);4*1H/b15-11+;;;;. The third kappa shape index (κ3) is 10.9. The van der Waals surface area contributed by atoms with E-state index in [9.17, 15) is 14.4 Å². The van der Waals surface area contributed by atoms with Gasteiger partial charge in [-0.25, -0.2) is 4.98 Å². The van der Waals surface area contributed by atoms with Crippen molar-refractivity contribution in [3.8, 4) is 11.5 Å². The molecule has 0 aliphatic rings. The average molecular weight is 810 g/mol. The number of ether oxygens (including phenoxy) is 2. The Labute approximate surface area is 326 Å². The van der Waals surface area contributed by atoms with E-state index < -0.39 is 11.8 Å². The third-order valence-electron chi connectivity index (χ3n) is 7.20. The lowest BCUT2D eigenvalue weighted by atomic mass is 10.1. The fourth-order valence-corrected chi connectivity index (χ4v) is 5.33. The van der Waals surface area contributed by atoms with Gasteiger partial charge in [0.2, 0.25) is 11.8 Å². The quantitative estimate of drug-likeness (QED) is 0.153. The molecule has 272 valence electrons. The average Bonchev–Trinajstić information content (AvgIpc) is 3.04. The van der Waals surface area contributed by atoms with Gasteiger partial charge in [-0.3, -0.25) is 14.4 Å². The lowest BCUT2D eigenvalue weighted by Gasteiger charge is -2.21. The number of carbonyl (C=O) groups excluding carboxylic acids is 3. The van der Waals surface area contributed by atoms with Gasteiger partial charge in [0.05, 0.1) is 29.9 Å². The van der Waals surface area contributed by atoms with Gasteiger partial charge in [-0.05, 0) is 55.0 Å². The Kier molecular flexibility index (Phi) is 19.4. The van der Waals surface area contributed by atoms with Crippen molar-refractivity contribution in [1.82, 2.24) is 15.6 Å². The number of pyridine rings is 1. The van der Waals surface area contributed by atoms with Gasteiger partial charge in [-0.1, -0.05) is 41.4 Å². The van der Waals surface area contributed by atoms with Crippen LogP contribution in [0.25, 0.3) is 17.0 Å². The molecule has 3 amide bonds. The number of fused-ring (bicyclic) bond motifs is 1. The van der Waals surface area contributed by atoms with Gasteiger partial charge in [0, 0.05) is 61.6 Å². The molecule has 16 heteroatoms. The molecule has 50 heavy (non-hydrogen) atoms. The Balaban J connectivity index is 0.00000600. The molecule has 0 bridgehead atoms. The second-order valence-corrected chi connectivity index (χ2v) is 11.3. The minimum atomic E-state index is -0.483. The molecule has 0 atom stereocenters. The van der Waals surface area contributed by atoms with E-state index in [0.717, 1.165) is 16.8 Å². The number of rotatable bonds is 11. The Bertz CT molecular complexity index is 1840. The molecule has 1 heterocycles. The molecule has 0 saturated heterocycles. The van der Waals surface area contributed by atoms with Crippen LogP contribution in [0.5, 0.6) is 11.5 Å². The zero-order valence-electron chi connectivity index (χ0n) is 28.0. The summed E-state index contributed by atoms with van der Waals surface area (Å²) in [5, 5.41) is 6.70. The van der Waals surface area contributed by atoms with Crippen molar-refractivity contribution in [2.45, 2.75) is 13.5 Å². The van der Waals surface area contributed by atoms with Crippen molar-refractivity contribution in [2.75, 3.05) is 51.6 Å². The Morgan fingerprint density at radius 2 is 1.62 bits per heavy atom. The van der Waals surface area contributed by atoms with Crippen molar-refractivity contribution < 1.29 is 23.9 Å². The molecule has 0 spiro atoms. The maximum atomic E-state index is 13.0. The second kappa shape index (κ2) is 20.9. The van der Waals surface area contributed by atoms with Crippen LogP contribution < -0.4 is 29.9 Å². The van der Waals surface area contributed by atoms with Gasteiger partial charge >= 0.3 is 0 Å². The summed E-state index contributed by atoms with van der Waals surface area (Å²) < 4.78 is 11.5. The zero-order valence-corrected chi connectivity index (χ0v) is 32.8. The van der Waals surface area contributed by atoms with Crippen LogP contribution in [0.4, 0.5) is 11.4 Å². The van der Waals surface area contributed by atoms with Crippen molar-refractivity contribution in [3.63, 3.8) is 0 Å². The molecule has 3 aromatic carbocycles. The number of nitrogens with one attached hydrogen (secondary N) is 2. The lowest BCUT2D eigenvalue weighted by molar-refractivity contribution is -0.122. The summed E-state index contributed by atoms with van der Waals surface area (Å²) >= 11 is 13.3. The SMILES string of the molecule is CNC(=O)c1ccc(/C=C/C(=O)NCC(=O)N(C)c2ccc(Cl)c(COc3cccc4c(N(C)C)cc(C)nc34)c2Cl)cc1OC.Cl.Cl.Cl.Cl. The first-order valence-corrected chi connectivity index (χ1v) is 15.0. The van der Waals surface area contributed by atoms with E-state index in [2.05, 4.69) is 10.6 Å². The smallest absolute Gasteiger partial charge is 0.254 e. The predicted molar refractivity (Wildman–Crippen MR) is 212 cm³/mol. The molecule has 0 unspecified atom stereocenters. The topological polar surface area (TPSA) is 113 Å². The highest BCUT2D eigenvalue weighted by Gasteiger charge is 2.20. The number of nitrogens with zero attached hydrogens (tertiary/aromatic N) is 3. The van der Waals surface area contributed by atoms with Gasteiger partial charge in [-0.15, -0.1) is 49.6 Å². The molecule has 0 fully saturated rings. The van der Waals surface area contributed by atoms with Crippen molar-refractivity contribution in [2.24, 2.45) is 0 Å². The summed E-state index contributed by atoms with van der Waals surface area (Å²) in [6.45, 7) is 1.69. The highest BCUT2D eigenvalue weighted by atomic mass is 35.5. The predicted octanol–water partition coefficient (Wildman–Crippen LogP) is 7.34. The largest absolute Gasteiger partial charge is 0.496 e. The molecule has 2 N–H and O–H groups in total. The molecule has 10 nitrogen and oxygen atoms in total. The number of anilines is 2. The van der Waals surface area contributed by atoms with Crippen molar-refractivity contribution in [1.29, 1.82) is 0 Å². The van der Waals surface area contributed by atoms with Gasteiger partial charge in [0.1, 0.15) is 23.6 Å². The summed E-state index contributed by atoms with van der Waals surface area (Å²) in [7, 11) is 8.49. The fourth-order valence-electron chi connectivity index (χ4n) is 4.72. The number of hydrogen-bond acceptors (Lipinski definition) is 7. The second-order valence-electron chi connectivity index (χ2n) is 10.5. The maximum Gasteiger partial charge on any atom is 0.254 e. The highest BCUT2D eigenvalue weighted by molar-refractivity contribution is 6.38. The van der Waals surface area contributed by atoms with Gasteiger partial charge in [-0.2, -0.15) is 0 Å². The molecule has 0 aliphatic carbocycles. The molecule has 0 radical (unpaired) electrons. The number of amides is 3. The van der Waals surface area contributed by atoms with Crippen LogP contribution in [-0.2, 0) is 16.2 Å². The van der Waals surface area contributed by atoms with E-state index in [0.29, 0.717) is 44.4 Å². The van der Waals surface area contributed by atoms with E-state index in [1.54, 1.807) is 43.5 Å². The van der Waals surface area contributed by atoms with Crippen LogP contribution in [0, 0.1) is 6.92 Å². The van der Waals surface area contributed by atoms with E-state index >= 15 is 0 Å². The molecular formula is C34H39Cl6N5O5. The first-order chi connectivity index (χ1) is 21.9.